The molecule has 0 bridgehead atoms. The number of aliphatic hydroxyl groups is 1. The molecule has 1 rings (SSSR count). The van der Waals surface area contributed by atoms with Crippen molar-refractivity contribution in [3.63, 3.8) is 0 Å². The summed E-state index contributed by atoms with van der Waals surface area (Å²) in [6.07, 6.45) is 0. The van der Waals surface area contributed by atoms with E-state index in [0.29, 0.717) is 13.1 Å². The summed E-state index contributed by atoms with van der Waals surface area (Å²) in [6, 6.07) is 0. The van der Waals surface area contributed by atoms with Gasteiger partial charge in [0.2, 0.25) is 5.91 Å². The maximum Gasteiger partial charge on any atom is 0.236 e. The lowest BCUT2D eigenvalue weighted by molar-refractivity contribution is -0.131. The van der Waals surface area contributed by atoms with E-state index in [9.17, 15) is 4.79 Å². The van der Waals surface area contributed by atoms with Crippen LogP contribution in [-0.4, -0.2) is 73.7 Å². The number of hydrogen-bond donors (Lipinski definition) is 2. The van der Waals surface area contributed by atoms with Crippen molar-refractivity contribution < 1.29 is 9.90 Å². The van der Waals surface area contributed by atoms with Crippen molar-refractivity contribution >= 4 is 5.91 Å². The first-order chi connectivity index (χ1) is 6.74. The zero-order chi connectivity index (χ0) is 10.4. The predicted octanol–water partition coefficient (Wildman–Crippen LogP) is -1.66. The molecule has 1 amide bonds. The molecule has 5 heteroatoms. The fourth-order valence-corrected chi connectivity index (χ4v) is 1.46. The summed E-state index contributed by atoms with van der Waals surface area (Å²) in [5.41, 5.74) is 0. The lowest BCUT2D eigenvalue weighted by Crippen LogP contribution is -2.48. The second-order valence-electron chi connectivity index (χ2n) is 3.57. The average Bonchev–Trinajstić information content (AvgIpc) is 2.19. The molecule has 1 aliphatic heterocycles. The minimum absolute atomic E-state index is 0.0315. The van der Waals surface area contributed by atoms with E-state index in [0.717, 1.165) is 26.2 Å². The lowest BCUT2D eigenvalue weighted by Gasteiger charge is -2.28. The van der Waals surface area contributed by atoms with E-state index in [1.54, 1.807) is 11.9 Å². The standard InChI is InChI=1S/C9H19N3O2/c1-11(6-7-13)9(14)8-12-4-2-10-3-5-12/h10,13H,2-8H2,1H3. The number of nitrogens with one attached hydrogen (secondary N) is 1. The van der Waals surface area contributed by atoms with Crippen LogP contribution in [0.2, 0.25) is 0 Å². The Kier molecular flexibility index (Phi) is 4.86. The maximum absolute atomic E-state index is 11.6. The van der Waals surface area contributed by atoms with Crippen molar-refractivity contribution in [3.8, 4) is 0 Å². The molecule has 0 aromatic heterocycles. The zero-order valence-corrected chi connectivity index (χ0v) is 8.70. The fourth-order valence-electron chi connectivity index (χ4n) is 1.46. The van der Waals surface area contributed by atoms with Crippen molar-refractivity contribution in [3.05, 3.63) is 0 Å². The highest BCUT2D eigenvalue weighted by Gasteiger charge is 2.15. The van der Waals surface area contributed by atoms with Gasteiger partial charge in [-0.15, -0.1) is 0 Å². The van der Waals surface area contributed by atoms with Crippen molar-refractivity contribution in [2.45, 2.75) is 0 Å². The Morgan fingerprint density at radius 2 is 2.14 bits per heavy atom. The van der Waals surface area contributed by atoms with E-state index in [2.05, 4.69) is 10.2 Å². The van der Waals surface area contributed by atoms with Crippen LogP contribution in [0.25, 0.3) is 0 Å². The highest BCUT2D eigenvalue weighted by molar-refractivity contribution is 5.77. The molecule has 1 saturated heterocycles. The fraction of sp³-hybridized carbons (Fsp3) is 0.889. The summed E-state index contributed by atoms with van der Waals surface area (Å²) in [5.74, 6) is 0.0842. The maximum atomic E-state index is 11.6. The second kappa shape index (κ2) is 5.95. The van der Waals surface area contributed by atoms with Gasteiger partial charge in [-0.05, 0) is 0 Å². The Balaban J connectivity index is 2.24. The van der Waals surface area contributed by atoms with Gasteiger partial charge in [-0.1, -0.05) is 0 Å². The Bertz CT molecular complexity index is 181. The van der Waals surface area contributed by atoms with Crippen LogP contribution in [0.5, 0.6) is 0 Å². The third-order valence-electron chi connectivity index (χ3n) is 2.43. The summed E-state index contributed by atoms with van der Waals surface area (Å²) in [4.78, 5) is 15.3. The van der Waals surface area contributed by atoms with Crippen LogP contribution in [-0.2, 0) is 4.79 Å². The van der Waals surface area contributed by atoms with Gasteiger partial charge in [0.15, 0.2) is 0 Å². The predicted molar refractivity (Wildman–Crippen MR) is 54.0 cm³/mol. The van der Waals surface area contributed by atoms with E-state index >= 15 is 0 Å². The van der Waals surface area contributed by atoms with Crippen LogP contribution >= 0.6 is 0 Å². The van der Waals surface area contributed by atoms with Crippen LogP contribution in [0.3, 0.4) is 0 Å². The van der Waals surface area contributed by atoms with Crippen molar-refractivity contribution in [1.29, 1.82) is 0 Å². The number of amides is 1. The normalized spacial score (nSPS) is 18.1. The average molecular weight is 201 g/mol. The van der Waals surface area contributed by atoms with Crippen molar-refractivity contribution in [2.75, 3.05) is 52.9 Å². The summed E-state index contributed by atoms with van der Waals surface area (Å²) < 4.78 is 0. The summed E-state index contributed by atoms with van der Waals surface area (Å²) in [7, 11) is 1.72. The van der Waals surface area contributed by atoms with Crippen LogP contribution in [0.4, 0.5) is 0 Å². The van der Waals surface area contributed by atoms with Gasteiger partial charge >= 0.3 is 0 Å². The van der Waals surface area contributed by atoms with Crippen LogP contribution < -0.4 is 5.32 Å². The van der Waals surface area contributed by atoms with Crippen molar-refractivity contribution in [2.24, 2.45) is 0 Å². The molecule has 1 heterocycles. The lowest BCUT2D eigenvalue weighted by atomic mass is 10.3. The highest BCUT2D eigenvalue weighted by atomic mass is 16.3. The molecule has 0 unspecified atom stereocenters. The monoisotopic (exact) mass is 201 g/mol. The molecule has 5 nitrogen and oxygen atoms in total. The van der Waals surface area contributed by atoms with Gasteiger partial charge in [-0.25, -0.2) is 0 Å². The number of carbonyl (C=O) groups excluding carboxylic acids is 1. The zero-order valence-electron chi connectivity index (χ0n) is 8.70. The molecule has 2 N–H and O–H groups in total. The number of rotatable bonds is 4. The number of hydrogen-bond acceptors (Lipinski definition) is 4. The molecule has 0 aromatic rings. The van der Waals surface area contributed by atoms with Gasteiger partial charge in [0.05, 0.1) is 13.2 Å². The van der Waals surface area contributed by atoms with E-state index in [4.69, 9.17) is 5.11 Å². The van der Waals surface area contributed by atoms with Crippen molar-refractivity contribution in [1.82, 2.24) is 15.1 Å². The summed E-state index contributed by atoms with van der Waals surface area (Å²) >= 11 is 0. The first-order valence-electron chi connectivity index (χ1n) is 5.02. The topological polar surface area (TPSA) is 55.8 Å². The van der Waals surface area contributed by atoms with Gasteiger partial charge in [0.1, 0.15) is 0 Å². The SMILES string of the molecule is CN(CCO)C(=O)CN1CCNCC1. The quantitative estimate of drug-likeness (QED) is 0.572. The minimum Gasteiger partial charge on any atom is -0.395 e. The first-order valence-corrected chi connectivity index (χ1v) is 5.02. The number of carbonyl (C=O) groups is 1. The smallest absolute Gasteiger partial charge is 0.236 e. The summed E-state index contributed by atoms with van der Waals surface area (Å²) in [6.45, 7) is 4.69. The van der Waals surface area contributed by atoms with E-state index in [1.807, 2.05) is 0 Å². The number of aliphatic hydroxyl groups excluding tert-OH is 1. The van der Waals surface area contributed by atoms with Crippen LogP contribution in [0.15, 0.2) is 0 Å². The Morgan fingerprint density at radius 3 is 2.71 bits per heavy atom. The molecule has 0 aliphatic carbocycles. The Morgan fingerprint density at radius 1 is 1.50 bits per heavy atom. The van der Waals surface area contributed by atoms with Gasteiger partial charge < -0.3 is 15.3 Å². The molecule has 14 heavy (non-hydrogen) atoms. The summed E-state index contributed by atoms with van der Waals surface area (Å²) in [5, 5.41) is 11.9. The van der Waals surface area contributed by atoms with E-state index in [-0.39, 0.29) is 12.5 Å². The van der Waals surface area contributed by atoms with Crippen LogP contribution in [0, 0.1) is 0 Å². The van der Waals surface area contributed by atoms with Crippen LogP contribution in [0.1, 0.15) is 0 Å². The molecule has 0 saturated carbocycles. The molecule has 0 spiro atoms. The largest absolute Gasteiger partial charge is 0.395 e. The minimum atomic E-state index is 0.0315. The molecule has 0 aromatic carbocycles. The highest BCUT2D eigenvalue weighted by Crippen LogP contribution is 1.94. The molecule has 1 fully saturated rings. The number of nitrogens with zero attached hydrogens (tertiary/aromatic N) is 2. The molecule has 82 valence electrons. The third kappa shape index (κ3) is 3.61. The molecular formula is C9H19N3O2. The Labute approximate surface area is 84.7 Å². The van der Waals surface area contributed by atoms with Gasteiger partial charge in [-0.3, -0.25) is 9.69 Å². The van der Waals surface area contributed by atoms with E-state index in [1.165, 1.54) is 0 Å². The first kappa shape index (κ1) is 11.4. The molecule has 0 radical (unpaired) electrons. The second-order valence-corrected chi connectivity index (χ2v) is 3.57. The Hall–Kier alpha value is -0.650. The van der Waals surface area contributed by atoms with Gasteiger partial charge in [-0.2, -0.15) is 0 Å². The molecular weight excluding hydrogens is 182 g/mol. The number of likely N-dealkylation sites (N-methyl/N-ethyl adjacent to an activating group) is 1. The molecule has 1 aliphatic rings. The molecule has 0 atom stereocenters. The third-order valence-corrected chi connectivity index (χ3v) is 2.43. The van der Waals surface area contributed by atoms with E-state index < -0.39 is 0 Å². The van der Waals surface area contributed by atoms with Gasteiger partial charge in [0.25, 0.3) is 0 Å². The van der Waals surface area contributed by atoms with Gasteiger partial charge in [0, 0.05) is 39.8 Å². The number of piperazine rings is 1.